The Morgan fingerprint density at radius 1 is 0.676 bits per heavy atom. The van der Waals surface area contributed by atoms with E-state index in [-0.39, 0.29) is 5.97 Å². The summed E-state index contributed by atoms with van der Waals surface area (Å²) in [5.41, 5.74) is 2.53. The molecule has 0 N–H and O–H groups in total. The molecule has 1 aromatic carbocycles. The first kappa shape index (κ1) is 31.7. The van der Waals surface area contributed by atoms with Gasteiger partial charge in [0.2, 0.25) is 0 Å². The molecule has 2 rings (SSSR count). The summed E-state index contributed by atoms with van der Waals surface area (Å²) in [4.78, 5) is 17.0. The number of nitrogens with zero attached hydrogens (tertiary/aromatic N) is 2. The van der Waals surface area contributed by atoms with E-state index in [9.17, 15) is 4.79 Å². The van der Waals surface area contributed by atoms with Crippen LogP contribution in [0.25, 0.3) is 0 Å². The Kier molecular flexibility index (Phi) is 18.3. The Hall–Kier alpha value is -1.55. The van der Waals surface area contributed by atoms with Gasteiger partial charge in [0.25, 0.3) is 0 Å². The van der Waals surface area contributed by atoms with Gasteiger partial charge in [-0.15, -0.1) is 0 Å². The van der Waals surface area contributed by atoms with Gasteiger partial charge in [0.15, 0.2) is 0 Å². The molecule has 0 bridgehead atoms. The van der Waals surface area contributed by atoms with Crippen molar-refractivity contribution in [2.24, 2.45) is 0 Å². The Bertz CT molecular complexity index is 667. The summed E-state index contributed by atoms with van der Waals surface area (Å²) >= 11 is 0. The monoisotopic (exact) mass is 514 g/mol. The highest BCUT2D eigenvalue weighted by Crippen LogP contribution is 2.19. The molecule has 1 saturated heterocycles. The first-order valence-corrected chi connectivity index (χ1v) is 15.9. The van der Waals surface area contributed by atoms with E-state index in [1.54, 1.807) is 0 Å². The van der Waals surface area contributed by atoms with Gasteiger partial charge < -0.3 is 9.64 Å². The van der Waals surface area contributed by atoms with Gasteiger partial charge in [0.05, 0.1) is 6.61 Å². The number of piperazine rings is 1. The molecule has 4 heteroatoms. The fourth-order valence-electron chi connectivity index (χ4n) is 5.28. The second-order valence-corrected chi connectivity index (χ2v) is 11.2. The normalized spacial score (nSPS) is 14.3. The largest absolute Gasteiger partial charge is 0.466 e. The van der Waals surface area contributed by atoms with Crippen LogP contribution in [-0.4, -0.2) is 50.2 Å². The molecule has 1 fully saturated rings. The number of benzene rings is 1. The molecular weight excluding hydrogens is 456 g/mol. The fourth-order valence-corrected chi connectivity index (χ4v) is 5.28. The SMILES string of the molecule is CCCCCCCCCCCCCCCCN1CCN(c2ccc(CCC(=O)OCCCC)cc2)CC1. The molecular formula is C33H58N2O2. The molecule has 37 heavy (non-hydrogen) atoms. The van der Waals surface area contributed by atoms with E-state index in [2.05, 4.69) is 47.9 Å². The summed E-state index contributed by atoms with van der Waals surface area (Å²) < 4.78 is 5.26. The number of anilines is 1. The van der Waals surface area contributed by atoms with Crippen LogP contribution in [0.15, 0.2) is 24.3 Å². The minimum absolute atomic E-state index is 0.0764. The summed E-state index contributed by atoms with van der Waals surface area (Å²) in [6.45, 7) is 10.8. The molecule has 1 aromatic rings. The lowest BCUT2D eigenvalue weighted by atomic mass is 10.0. The molecule has 1 aliphatic heterocycles. The lowest BCUT2D eigenvalue weighted by Gasteiger charge is -2.36. The van der Waals surface area contributed by atoms with Crippen LogP contribution in [0.2, 0.25) is 0 Å². The van der Waals surface area contributed by atoms with E-state index in [4.69, 9.17) is 4.74 Å². The Morgan fingerprint density at radius 3 is 1.73 bits per heavy atom. The average molecular weight is 515 g/mol. The van der Waals surface area contributed by atoms with Crippen molar-refractivity contribution in [3.63, 3.8) is 0 Å². The number of unbranched alkanes of at least 4 members (excludes halogenated alkanes) is 14. The molecule has 0 saturated carbocycles. The lowest BCUT2D eigenvalue weighted by Crippen LogP contribution is -2.46. The minimum atomic E-state index is -0.0764. The van der Waals surface area contributed by atoms with Crippen molar-refractivity contribution in [2.45, 2.75) is 129 Å². The maximum Gasteiger partial charge on any atom is 0.306 e. The van der Waals surface area contributed by atoms with Crippen molar-refractivity contribution in [2.75, 3.05) is 44.2 Å². The second kappa shape index (κ2) is 21.4. The zero-order valence-corrected chi connectivity index (χ0v) is 24.5. The third-order valence-corrected chi connectivity index (χ3v) is 7.88. The van der Waals surface area contributed by atoms with Crippen molar-refractivity contribution in [1.82, 2.24) is 4.90 Å². The van der Waals surface area contributed by atoms with Crippen molar-refractivity contribution >= 4 is 11.7 Å². The number of hydrogen-bond donors (Lipinski definition) is 0. The van der Waals surface area contributed by atoms with Crippen LogP contribution in [-0.2, 0) is 16.0 Å². The van der Waals surface area contributed by atoms with Gasteiger partial charge in [0.1, 0.15) is 0 Å². The highest BCUT2D eigenvalue weighted by molar-refractivity contribution is 5.69. The molecule has 1 heterocycles. The van der Waals surface area contributed by atoms with Crippen LogP contribution < -0.4 is 4.90 Å². The Labute approximate surface area is 229 Å². The average Bonchev–Trinajstić information content (AvgIpc) is 2.93. The second-order valence-electron chi connectivity index (χ2n) is 11.2. The molecule has 1 aliphatic rings. The molecule has 0 amide bonds. The molecule has 4 nitrogen and oxygen atoms in total. The van der Waals surface area contributed by atoms with Crippen LogP contribution in [0, 0.1) is 0 Å². The topological polar surface area (TPSA) is 32.8 Å². The standard InChI is InChI=1S/C33H58N2O2/c1-3-5-7-8-9-10-11-12-13-14-15-16-17-18-25-34-26-28-35(29-27-34)32-22-19-31(20-23-32)21-24-33(36)37-30-6-4-2/h19-20,22-23H,3-18,21,24-30H2,1-2H3. The van der Waals surface area contributed by atoms with E-state index in [0.717, 1.165) is 32.4 Å². The number of rotatable bonds is 22. The van der Waals surface area contributed by atoms with Gasteiger partial charge in [-0.1, -0.05) is 116 Å². The molecule has 0 aromatic heterocycles. The van der Waals surface area contributed by atoms with Gasteiger partial charge in [-0.25, -0.2) is 0 Å². The maximum atomic E-state index is 11.8. The Balaban J connectivity index is 1.44. The molecule has 0 radical (unpaired) electrons. The summed E-state index contributed by atoms with van der Waals surface area (Å²) in [5, 5.41) is 0. The first-order valence-electron chi connectivity index (χ1n) is 15.9. The zero-order valence-electron chi connectivity index (χ0n) is 24.5. The van der Waals surface area contributed by atoms with E-state index in [1.165, 1.54) is 121 Å². The van der Waals surface area contributed by atoms with Crippen LogP contribution >= 0.6 is 0 Å². The highest BCUT2D eigenvalue weighted by Gasteiger charge is 2.16. The quantitative estimate of drug-likeness (QED) is 0.115. The number of carbonyl (C=O) groups is 1. The molecule has 0 spiro atoms. The van der Waals surface area contributed by atoms with Crippen molar-refractivity contribution in [3.8, 4) is 0 Å². The summed E-state index contributed by atoms with van der Waals surface area (Å²) in [7, 11) is 0. The van der Waals surface area contributed by atoms with E-state index in [0.29, 0.717) is 13.0 Å². The number of esters is 1. The minimum Gasteiger partial charge on any atom is -0.466 e. The van der Waals surface area contributed by atoms with E-state index in [1.807, 2.05) is 0 Å². The van der Waals surface area contributed by atoms with E-state index < -0.39 is 0 Å². The van der Waals surface area contributed by atoms with Gasteiger partial charge in [-0.2, -0.15) is 0 Å². The van der Waals surface area contributed by atoms with Crippen LogP contribution in [0.3, 0.4) is 0 Å². The molecule has 0 unspecified atom stereocenters. The third-order valence-electron chi connectivity index (χ3n) is 7.88. The maximum absolute atomic E-state index is 11.8. The number of aryl methyl sites for hydroxylation is 1. The van der Waals surface area contributed by atoms with Gasteiger partial charge in [0, 0.05) is 38.3 Å². The van der Waals surface area contributed by atoms with Gasteiger partial charge >= 0.3 is 5.97 Å². The number of carbonyl (C=O) groups excluding carboxylic acids is 1. The van der Waals surface area contributed by atoms with Crippen LogP contribution in [0.4, 0.5) is 5.69 Å². The van der Waals surface area contributed by atoms with E-state index >= 15 is 0 Å². The first-order chi connectivity index (χ1) is 18.2. The van der Waals surface area contributed by atoms with Gasteiger partial charge in [-0.3, -0.25) is 9.69 Å². The molecule has 0 aliphatic carbocycles. The van der Waals surface area contributed by atoms with Crippen LogP contribution in [0.5, 0.6) is 0 Å². The van der Waals surface area contributed by atoms with Crippen molar-refractivity contribution in [1.29, 1.82) is 0 Å². The van der Waals surface area contributed by atoms with Crippen molar-refractivity contribution < 1.29 is 9.53 Å². The predicted octanol–water partition coefficient (Wildman–Crippen LogP) is 8.57. The molecule has 0 atom stereocenters. The number of ether oxygens (including phenoxy) is 1. The molecule has 212 valence electrons. The van der Waals surface area contributed by atoms with Crippen LogP contribution in [0.1, 0.15) is 129 Å². The fraction of sp³-hybridized carbons (Fsp3) is 0.788. The lowest BCUT2D eigenvalue weighted by molar-refractivity contribution is -0.143. The highest BCUT2D eigenvalue weighted by atomic mass is 16.5. The predicted molar refractivity (Wildman–Crippen MR) is 160 cm³/mol. The summed E-state index contributed by atoms with van der Waals surface area (Å²) in [6.07, 6.45) is 23.2. The third kappa shape index (κ3) is 15.5. The smallest absolute Gasteiger partial charge is 0.306 e. The van der Waals surface area contributed by atoms with Gasteiger partial charge in [-0.05, 0) is 43.5 Å². The Morgan fingerprint density at radius 2 is 1.19 bits per heavy atom. The number of hydrogen-bond acceptors (Lipinski definition) is 4. The summed E-state index contributed by atoms with van der Waals surface area (Å²) in [6, 6.07) is 8.80. The summed E-state index contributed by atoms with van der Waals surface area (Å²) in [5.74, 6) is -0.0764. The van der Waals surface area contributed by atoms with Crippen molar-refractivity contribution in [3.05, 3.63) is 29.8 Å². The zero-order chi connectivity index (χ0) is 26.4.